The summed E-state index contributed by atoms with van der Waals surface area (Å²) in [6, 6.07) is 8.05. The number of nitrogens with one attached hydrogen (secondary N) is 1. The molecule has 19 heavy (non-hydrogen) atoms. The highest BCUT2D eigenvalue weighted by Gasteiger charge is 2.22. The SMILES string of the molecule is C[C@H]1CNCCN1C(=O)CCSc1ccc(Cl)cc1. The summed E-state index contributed by atoms with van der Waals surface area (Å²) in [5.74, 6) is 1.08. The van der Waals surface area contributed by atoms with Gasteiger partial charge in [-0.05, 0) is 31.2 Å². The first kappa shape index (κ1) is 14.7. The number of thioether (sulfide) groups is 1. The van der Waals surface area contributed by atoms with E-state index in [1.165, 1.54) is 0 Å². The summed E-state index contributed by atoms with van der Waals surface area (Å²) in [6.07, 6.45) is 0.595. The average Bonchev–Trinajstić information content (AvgIpc) is 2.41. The summed E-state index contributed by atoms with van der Waals surface area (Å²) in [6.45, 7) is 4.72. The normalized spacial score (nSPS) is 19.5. The van der Waals surface area contributed by atoms with Crippen molar-refractivity contribution in [1.29, 1.82) is 0 Å². The van der Waals surface area contributed by atoms with E-state index < -0.39 is 0 Å². The number of piperazine rings is 1. The van der Waals surface area contributed by atoms with Crippen LogP contribution in [0.5, 0.6) is 0 Å². The molecule has 1 N–H and O–H groups in total. The van der Waals surface area contributed by atoms with Crippen molar-refractivity contribution in [2.75, 3.05) is 25.4 Å². The van der Waals surface area contributed by atoms with E-state index >= 15 is 0 Å². The second kappa shape index (κ2) is 7.17. The van der Waals surface area contributed by atoms with Gasteiger partial charge in [0.1, 0.15) is 0 Å². The summed E-state index contributed by atoms with van der Waals surface area (Å²) >= 11 is 7.54. The Morgan fingerprint density at radius 3 is 2.89 bits per heavy atom. The van der Waals surface area contributed by atoms with E-state index in [1.807, 2.05) is 29.2 Å². The molecule has 1 aromatic carbocycles. The van der Waals surface area contributed by atoms with Crippen LogP contribution in [-0.2, 0) is 4.79 Å². The van der Waals surface area contributed by atoms with Crippen LogP contribution in [-0.4, -0.2) is 42.2 Å². The highest BCUT2D eigenvalue weighted by Crippen LogP contribution is 2.21. The molecule has 0 radical (unpaired) electrons. The van der Waals surface area contributed by atoms with Crippen LogP contribution >= 0.6 is 23.4 Å². The number of rotatable bonds is 4. The molecule has 1 fully saturated rings. The Kier molecular flexibility index (Phi) is 5.55. The molecule has 1 atom stereocenters. The summed E-state index contributed by atoms with van der Waals surface area (Å²) < 4.78 is 0. The van der Waals surface area contributed by atoms with Crippen LogP contribution < -0.4 is 5.32 Å². The Bertz CT molecular complexity index is 424. The van der Waals surface area contributed by atoms with Crippen LogP contribution in [0.3, 0.4) is 0 Å². The molecule has 0 spiro atoms. The van der Waals surface area contributed by atoms with Gasteiger partial charge in [-0.2, -0.15) is 0 Å². The quantitative estimate of drug-likeness (QED) is 0.867. The molecule has 1 heterocycles. The molecule has 1 aromatic rings. The second-order valence-corrected chi connectivity index (χ2v) is 6.30. The number of benzene rings is 1. The van der Waals surface area contributed by atoms with Crippen molar-refractivity contribution in [3.05, 3.63) is 29.3 Å². The maximum Gasteiger partial charge on any atom is 0.223 e. The van der Waals surface area contributed by atoms with Gasteiger partial charge < -0.3 is 10.2 Å². The third kappa shape index (κ3) is 4.41. The van der Waals surface area contributed by atoms with Gasteiger partial charge in [0.15, 0.2) is 0 Å². The van der Waals surface area contributed by atoms with Gasteiger partial charge in [-0.3, -0.25) is 4.79 Å². The molecule has 0 aromatic heterocycles. The predicted molar refractivity (Wildman–Crippen MR) is 80.8 cm³/mol. The molecule has 0 saturated carbocycles. The highest BCUT2D eigenvalue weighted by atomic mass is 35.5. The van der Waals surface area contributed by atoms with Gasteiger partial charge >= 0.3 is 0 Å². The molecule has 5 heteroatoms. The van der Waals surface area contributed by atoms with E-state index in [2.05, 4.69) is 12.2 Å². The van der Waals surface area contributed by atoms with Gasteiger partial charge in [0.2, 0.25) is 5.91 Å². The minimum absolute atomic E-state index is 0.260. The number of nitrogens with zero attached hydrogens (tertiary/aromatic N) is 1. The maximum atomic E-state index is 12.1. The van der Waals surface area contributed by atoms with Crippen molar-refractivity contribution in [3.63, 3.8) is 0 Å². The molecular weight excluding hydrogens is 280 g/mol. The average molecular weight is 299 g/mol. The van der Waals surface area contributed by atoms with Crippen LogP contribution in [0.1, 0.15) is 13.3 Å². The number of carbonyl (C=O) groups is 1. The number of amides is 1. The van der Waals surface area contributed by atoms with Crippen molar-refractivity contribution in [2.45, 2.75) is 24.3 Å². The van der Waals surface area contributed by atoms with Crippen molar-refractivity contribution in [3.8, 4) is 0 Å². The van der Waals surface area contributed by atoms with Crippen LogP contribution in [0.4, 0.5) is 0 Å². The van der Waals surface area contributed by atoms with Crippen LogP contribution in [0.25, 0.3) is 0 Å². The molecule has 0 aliphatic carbocycles. The summed E-state index contributed by atoms with van der Waals surface area (Å²) in [5, 5.41) is 4.04. The zero-order valence-corrected chi connectivity index (χ0v) is 12.6. The van der Waals surface area contributed by atoms with E-state index in [0.29, 0.717) is 12.5 Å². The first-order valence-corrected chi connectivity index (χ1v) is 7.92. The third-order valence-electron chi connectivity index (χ3n) is 3.22. The topological polar surface area (TPSA) is 32.3 Å². The first-order valence-electron chi connectivity index (χ1n) is 6.55. The van der Waals surface area contributed by atoms with Gasteiger partial charge in [0.25, 0.3) is 0 Å². The largest absolute Gasteiger partial charge is 0.337 e. The van der Waals surface area contributed by atoms with E-state index in [4.69, 9.17) is 11.6 Å². The lowest BCUT2D eigenvalue weighted by Gasteiger charge is -2.34. The lowest BCUT2D eigenvalue weighted by molar-refractivity contribution is -0.133. The van der Waals surface area contributed by atoms with E-state index in [-0.39, 0.29) is 5.91 Å². The zero-order chi connectivity index (χ0) is 13.7. The van der Waals surface area contributed by atoms with Crippen molar-refractivity contribution < 1.29 is 4.79 Å². The minimum Gasteiger partial charge on any atom is -0.337 e. The minimum atomic E-state index is 0.260. The monoisotopic (exact) mass is 298 g/mol. The van der Waals surface area contributed by atoms with Gasteiger partial charge in [-0.25, -0.2) is 0 Å². The maximum absolute atomic E-state index is 12.1. The molecule has 1 aliphatic rings. The molecule has 1 saturated heterocycles. The number of hydrogen-bond donors (Lipinski definition) is 1. The van der Waals surface area contributed by atoms with Gasteiger partial charge in [-0.1, -0.05) is 11.6 Å². The van der Waals surface area contributed by atoms with Crippen molar-refractivity contribution in [1.82, 2.24) is 10.2 Å². The van der Waals surface area contributed by atoms with Crippen molar-refractivity contribution in [2.24, 2.45) is 0 Å². The van der Waals surface area contributed by atoms with Crippen molar-refractivity contribution >= 4 is 29.3 Å². The standard InChI is InChI=1S/C14H19ClN2OS/c1-11-10-16-7-8-17(11)14(18)6-9-19-13-4-2-12(15)3-5-13/h2-5,11,16H,6-10H2,1H3/t11-/m0/s1. The van der Waals surface area contributed by atoms with Gasteiger partial charge in [0.05, 0.1) is 0 Å². The number of halogens is 1. The second-order valence-electron chi connectivity index (χ2n) is 4.69. The number of carbonyl (C=O) groups excluding carboxylic acids is 1. The fourth-order valence-electron chi connectivity index (χ4n) is 2.14. The van der Waals surface area contributed by atoms with Crippen LogP contribution in [0, 0.1) is 0 Å². The Balaban J connectivity index is 1.75. The molecule has 1 amide bonds. The molecule has 2 rings (SSSR count). The molecule has 3 nitrogen and oxygen atoms in total. The first-order chi connectivity index (χ1) is 9.16. The summed E-state index contributed by atoms with van der Waals surface area (Å²) in [7, 11) is 0. The third-order valence-corrected chi connectivity index (χ3v) is 4.49. The fourth-order valence-corrected chi connectivity index (χ4v) is 3.11. The van der Waals surface area contributed by atoms with Gasteiger partial charge in [0, 0.05) is 47.8 Å². The zero-order valence-electron chi connectivity index (χ0n) is 11.1. The molecule has 1 aliphatic heterocycles. The Morgan fingerprint density at radius 1 is 1.47 bits per heavy atom. The van der Waals surface area contributed by atoms with Crippen LogP contribution in [0.15, 0.2) is 29.2 Å². The summed E-state index contributed by atoms with van der Waals surface area (Å²) in [5.41, 5.74) is 0. The van der Waals surface area contributed by atoms with Gasteiger partial charge in [-0.15, -0.1) is 11.8 Å². The van der Waals surface area contributed by atoms with E-state index in [0.717, 1.165) is 35.3 Å². The lowest BCUT2D eigenvalue weighted by Crippen LogP contribution is -2.52. The predicted octanol–water partition coefficient (Wildman–Crippen LogP) is 2.64. The Labute approximate surface area is 123 Å². The highest BCUT2D eigenvalue weighted by molar-refractivity contribution is 7.99. The number of hydrogen-bond acceptors (Lipinski definition) is 3. The fraction of sp³-hybridized carbons (Fsp3) is 0.500. The molecule has 104 valence electrons. The Hall–Kier alpha value is -0.710. The lowest BCUT2D eigenvalue weighted by atomic mass is 10.2. The molecule has 0 unspecified atom stereocenters. The van der Waals surface area contributed by atoms with Crippen LogP contribution in [0.2, 0.25) is 5.02 Å². The van der Waals surface area contributed by atoms with E-state index in [1.54, 1.807) is 11.8 Å². The molecular formula is C14H19ClN2OS. The Morgan fingerprint density at radius 2 is 2.21 bits per heavy atom. The molecule has 0 bridgehead atoms. The smallest absolute Gasteiger partial charge is 0.223 e. The van der Waals surface area contributed by atoms with E-state index in [9.17, 15) is 4.79 Å². The summed E-state index contributed by atoms with van der Waals surface area (Å²) in [4.78, 5) is 15.3.